The first-order chi connectivity index (χ1) is 15.8. The summed E-state index contributed by atoms with van der Waals surface area (Å²) in [7, 11) is -7.52. The minimum atomic E-state index is -3.78. The number of ether oxygens (including phenoxy) is 1. The van der Waals surface area contributed by atoms with Gasteiger partial charge in [-0.15, -0.1) is 0 Å². The second-order valence-electron chi connectivity index (χ2n) is 8.93. The van der Waals surface area contributed by atoms with Gasteiger partial charge < -0.3 is 4.74 Å². The first-order valence-corrected chi connectivity index (χ1v) is 14.5. The Morgan fingerprint density at radius 1 is 0.879 bits per heavy atom. The molecule has 7 nitrogen and oxygen atoms in total. The number of nitrogens with one attached hydrogen (secondary N) is 1. The monoisotopic (exact) mass is 492 g/mol. The Morgan fingerprint density at radius 2 is 1.52 bits per heavy atom. The summed E-state index contributed by atoms with van der Waals surface area (Å²) in [6.07, 6.45) is 5.35. The Bertz CT molecular complexity index is 1130. The maximum atomic E-state index is 13.6. The summed E-state index contributed by atoms with van der Waals surface area (Å²) in [5, 5.41) is 0. The molecule has 1 N–H and O–H groups in total. The highest BCUT2D eigenvalue weighted by molar-refractivity contribution is 7.89. The van der Waals surface area contributed by atoms with Crippen LogP contribution in [-0.2, 0) is 31.3 Å². The Morgan fingerprint density at radius 3 is 2.12 bits per heavy atom. The topological polar surface area (TPSA) is 92.8 Å². The zero-order valence-corrected chi connectivity index (χ0v) is 20.6. The number of benzene rings is 2. The van der Waals surface area contributed by atoms with E-state index in [4.69, 9.17) is 4.74 Å². The summed E-state index contributed by atoms with van der Waals surface area (Å²) in [6.45, 7) is 3.17. The van der Waals surface area contributed by atoms with Crippen molar-refractivity contribution in [1.82, 2.24) is 9.03 Å². The third-order valence-corrected chi connectivity index (χ3v) is 9.81. The van der Waals surface area contributed by atoms with E-state index in [1.807, 2.05) is 31.2 Å². The average molecular weight is 493 g/mol. The lowest BCUT2D eigenvalue weighted by atomic mass is 10.1. The molecule has 2 aliphatic rings. The first-order valence-electron chi connectivity index (χ1n) is 11.5. The lowest BCUT2D eigenvalue weighted by molar-refractivity contribution is 0.114. The Kier molecular flexibility index (Phi) is 7.55. The van der Waals surface area contributed by atoms with E-state index in [1.165, 1.54) is 24.3 Å². The minimum Gasteiger partial charge on any atom is -0.377 e. The van der Waals surface area contributed by atoms with E-state index in [-0.39, 0.29) is 28.5 Å². The molecule has 0 bridgehead atoms. The fourth-order valence-electron chi connectivity index (χ4n) is 4.49. The summed E-state index contributed by atoms with van der Waals surface area (Å²) in [6, 6.07) is 13.4. The van der Waals surface area contributed by atoms with Crippen LogP contribution < -0.4 is 4.72 Å². The molecular formula is C24H32N2O5S2. The molecule has 1 saturated carbocycles. The predicted molar refractivity (Wildman–Crippen MR) is 127 cm³/mol. The van der Waals surface area contributed by atoms with E-state index in [9.17, 15) is 16.8 Å². The molecule has 1 heterocycles. The maximum absolute atomic E-state index is 13.6. The highest BCUT2D eigenvalue weighted by atomic mass is 32.2. The molecule has 1 aliphatic heterocycles. The Balaban J connectivity index is 1.53. The van der Waals surface area contributed by atoms with E-state index >= 15 is 0 Å². The van der Waals surface area contributed by atoms with Crippen LogP contribution in [0.25, 0.3) is 0 Å². The summed E-state index contributed by atoms with van der Waals surface area (Å²) in [4.78, 5) is 0.157. The van der Waals surface area contributed by atoms with Gasteiger partial charge in [0.1, 0.15) is 0 Å². The third kappa shape index (κ3) is 5.84. The Labute approximate surface area is 197 Å². The van der Waals surface area contributed by atoms with Crippen molar-refractivity contribution in [3.05, 3.63) is 59.7 Å². The second kappa shape index (κ2) is 10.2. The van der Waals surface area contributed by atoms with Crippen molar-refractivity contribution in [1.29, 1.82) is 0 Å². The first kappa shape index (κ1) is 24.3. The molecule has 1 saturated heterocycles. The normalized spacial score (nSPS) is 20.0. The SMILES string of the molecule is Cc1ccc(CN(C2CCCC2)S(=O)(=O)c2ccc(S(=O)(=O)NCC3CCCO3)cc2)cc1. The summed E-state index contributed by atoms with van der Waals surface area (Å²) in [5.41, 5.74) is 2.06. The van der Waals surface area contributed by atoms with Crippen LogP contribution in [0, 0.1) is 6.92 Å². The van der Waals surface area contributed by atoms with Gasteiger partial charge in [-0.1, -0.05) is 42.7 Å². The summed E-state index contributed by atoms with van der Waals surface area (Å²) >= 11 is 0. The molecule has 1 aliphatic carbocycles. The smallest absolute Gasteiger partial charge is 0.243 e. The van der Waals surface area contributed by atoms with Crippen molar-refractivity contribution in [3.8, 4) is 0 Å². The molecule has 2 aromatic carbocycles. The van der Waals surface area contributed by atoms with Crippen LogP contribution in [0.2, 0.25) is 0 Å². The standard InChI is InChI=1S/C24H32N2O5S2/c1-19-8-10-20(11-9-19)18-26(21-5-2-3-6-21)33(29,30)24-14-12-23(13-15-24)32(27,28)25-17-22-7-4-16-31-22/h8-15,21-22,25H,2-7,16-18H2,1H3. The fraction of sp³-hybridized carbons (Fsp3) is 0.500. The number of hydrogen-bond donors (Lipinski definition) is 1. The molecule has 0 amide bonds. The van der Waals surface area contributed by atoms with Gasteiger partial charge in [0, 0.05) is 25.7 Å². The van der Waals surface area contributed by atoms with Gasteiger partial charge in [-0.3, -0.25) is 0 Å². The van der Waals surface area contributed by atoms with Crippen molar-refractivity contribution in [2.45, 2.75) is 73.9 Å². The second-order valence-corrected chi connectivity index (χ2v) is 12.6. The van der Waals surface area contributed by atoms with Crippen LogP contribution in [-0.4, -0.2) is 46.4 Å². The van der Waals surface area contributed by atoms with Crippen LogP contribution in [0.3, 0.4) is 0 Å². The number of sulfonamides is 2. The quantitative estimate of drug-likeness (QED) is 0.578. The zero-order chi connectivity index (χ0) is 23.5. The van der Waals surface area contributed by atoms with Crippen molar-refractivity contribution >= 4 is 20.0 Å². The van der Waals surface area contributed by atoms with Crippen LogP contribution in [0.1, 0.15) is 49.7 Å². The van der Waals surface area contributed by atoms with E-state index < -0.39 is 20.0 Å². The van der Waals surface area contributed by atoms with E-state index in [1.54, 1.807) is 4.31 Å². The molecule has 0 radical (unpaired) electrons. The van der Waals surface area contributed by atoms with Crippen molar-refractivity contribution in [2.75, 3.05) is 13.2 Å². The van der Waals surface area contributed by atoms with Gasteiger partial charge in [-0.05, 0) is 62.4 Å². The van der Waals surface area contributed by atoms with E-state index in [2.05, 4.69) is 4.72 Å². The highest BCUT2D eigenvalue weighted by Gasteiger charge is 2.33. The van der Waals surface area contributed by atoms with Crippen molar-refractivity contribution in [3.63, 3.8) is 0 Å². The highest BCUT2D eigenvalue weighted by Crippen LogP contribution is 2.31. The van der Waals surface area contributed by atoms with Gasteiger partial charge in [-0.25, -0.2) is 21.6 Å². The molecule has 4 rings (SSSR count). The van der Waals surface area contributed by atoms with Crippen LogP contribution in [0.5, 0.6) is 0 Å². The zero-order valence-electron chi connectivity index (χ0n) is 18.9. The van der Waals surface area contributed by atoms with Crippen LogP contribution in [0.4, 0.5) is 0 Å². The predicted octanol–water partition coefficient (Wildman–Crippen LogP) is 3.59. The molecule has 1 atom stereocenters. The lowest BCUT2D eigenvalue weighted by Crippen LogP contribution is -2.38. The van der Waals surface area contributed by atoms with Crippen molar-refractivity contribution in [2.24, 2.45) is 0 Å². The Hall–Kier alpha value is -1.78. The van der Waals surface area contributed by atoms with E-state index in [0.29, 0.717) is 13.2 Å². The molecule has 2 fully saturated rings. The molecule has 180 valence electrons. The van der Waals surface area contributed by atoms with Gasteiger partial charge >= 0.3 is 0 Å². The van der Waals surface area contributed by atoms with E-state index in [0.717, 1.165) is 49.7 Å². The third-order valence-electron chi connectivity index (χ3n) is 6.46. The number of hydrogen-bond acceptors (Lipinski definition) is 5. The maximum Gasteiger partial charge on any atom is 0.243 e. The van der Waals surface area contributed by atoms with Gasteiger partial charge in [0.25, 0.3) is 0 Å². The average Bonchev–Trinajstić information content (AvgIpc) is 3.52. The number of aryl methyl sites for hydroxylation is 1. The molecule has 1 unspecified atom stereocenters. The fourth-order valence-corrected chi connectivity index (χ4v) is 7.23. The molecule has 0 spiro atoms. The number of nitrogens with zero attached hydrogens (tertiary/aromatic N) is 1. The number of rotatable bonds is 9. The van der Waals surface area contributed by atoms with Gasteiger partial charge in [0.15, 0.2) is 0 Å². The molecule has 9 heteroatoms. The minimum absolute atomic E-state index is 0.0467. The van der Waals surface area contributed by atoms with Gasteiger partial charge in [0.2, 0.25) is 20.0 Å². The molecule has 2 aromatic rings. The van der Waals surface area contributed by atoms with Crippen LogP contribution in [0.15, 0.2) is 58.3 Å². The largest absolute Gasteiger partial charge is 0.377 e. The summed E-state index contributed by atoms with van der Waals surface area (Å²) in [5.74, 6) is 0. The van der Waals surface area contributed by atoms with Crippen molar-refractivity contribution < 1.29 is 21.6 Å². The van der Waals surface area contributed by atoms with Crippen LogP contribution >= 0.6 is 0 Å². The molecule has 0 aromatic heterocycles. The van der Waals surface area contributed by atoms with Gasteiger partial charge in [-0.2, -0.15) is 4.31 Å². The molecular weight excluding hydrogens is 460 g/mol. The molecule has 33 heavy (non-hydrogen) atoms. The summed E-state index contributed by atoms with van der Waals surface area (Å²) < 4.78 is 62.1. The van der Waals surface area contributed by atoms with Gasteiger partial charge in [0.05, 0.1) is 15.9 Å². The lowest BCUT2D eigenvalue weighted by Gasteiger charge is -2.28.